The first kappa shape index (κ1) is 15.7. The van der Waals surface area contributed by atoms with E-state index >= 15 is 0 Å². The summed E-state index contributed by atoms with van der Waals surface area (Å²) in [6.45, 7) is 6.58. The van der Waals surface area contributed by atoms with Crippen LogP contribution in [0.15, 0.2) is 23.2 Å². The Balaban J connectivity index is 1.93. The molecule has 120 valence electrons. The summed E-state index contributed by atoms with van der Waals surface area (Å²) in [6.07, 6.45) is 1.87. The van der Waals surface area contributed by atoms with Crippen LogP contribution < -0.4 is 4.74 Å². The number of aryl methyl sites for hydroxylation is 1. The topological polar surface area (TPSA) is 71.8 Å². The van der Waals surface area contributed by atoms with Crippen molar-refractivity contribution in [2.24, 2.45) is 10.9 Å². The third kappa shape index (κ3) is 3.42. The van der Waals surface area contributed by atoms with Crippen LogP contribution >= 0.6 is 11.3 Å². The maximum absolute atomic E-state index is 11.2. The molecule has 0 spiro atoms. The summed E-state index contributed by atoms with van der Waals surface area (Å²) in [5.41, 5.74) is 2.45. The van der Waals surface area contributed by atoms with Crippen molar-refractivity contribution >= 4 is 23.5 Å². The zero-order valence-electron chi connectivity index (χ0n) is 13.2. The highest BCUT2D eigenvalue weighted by atomic mass is 32.1. The lowest BCUT2D eigenvalue weighted by molar-refractivity contribution is 0.0701. The molecule has 3 rings (SSSR count). The molecule has 1 unspecified atom stereocenters. The summed E-state index contributed by atoms with van der Waals surface area (Å²) in [7, 11) is 0. The zero-order chi connectivity index (χ0) is 16.6. The number of carboxylic acids is 1. The minimum absolute atomic E-state index is 0.0668. The van der Waals surface area contributed by atoms with Crippen LogP contribution in [0.25, 0.3) is 10.6 Å². The van der Waals surface area contributed by atoms with Crippen LogP contribution in [0, 0.1) is 12.8 Å². The molecule has 0 bridgehead atoms. The normalized spacial score (nSPS) is 15.9. The number of ether oxygens (including phenoxy) is 1. The number of aromatic nitrogens is 1. The molecule has 0 saturated heterocycles. The van der Waals surface area contributed by atoms with E-state index in [9.17, 15) is 9.90 Å². The van der Waals surface area contributed by atoms with Gasteiger partial charge in [0.05, 0.1) is 12.3 Å². The van der Waals surface area contributed by atoms with E-state index in [2.05, 4.69) is 23.8 Å². The lowest BCUT2D eigenvalue weighted by Crippen LogP contribution is -2.06. The molecule has 1 atom stereocenters. The van der Waals surface area contributed by atoms with Crippen LogP contribution in [-0.2, 0) is 0 Å². The second kappa shape index (κ2) is 6.12. The van der Waals surface area contributed by atoms with E-state index in [1.54, 1.807) is 6.92 Å². The van der Waals surface area contributed by atoms with Crippen LogP contribution in [0.2, 0.25) is 0 Å². The molecular formula is C17H18N2O3S. The van der Waals surface area contributed by atoms with Gasteiger partial charge in [0.1, 0.15) is 21.7 Å². The third-order valence-electron chi connectivity index (χ3n) is 3.44. The number of aliphatic imine (C=N–C) groups is 1. The number of aromatic carboxylic acids is 1. The Hall–Kier alpha value is -2.21. The van der Waals surface area contributed by atoms with Crippen molar-refractivity contribution in [3.63, 3.8) is 0 Å². The van der Waals surface area contributed by atoms with Gasteiger partial charge >= 0.3 is 5.97 Å². The summed E-state index contributed by atoms with van der Waals surface area (Å²) in [4.78, 5) is 20.1. The quantitative estimate of drug-likeness (QED) is 0.869. The van der Waals surface area contributed by atoms with Crippen molar-refractivity contribution in [3.05, 3.63) is 34.3 Å². The number of rotatable bonds is 6. The highest BCUT2D eigenvalue weighted by Crippen LogP contribution is 2.37. The molecular weight excluding hydrogens is 312 g/mol. The molecule has 0 saturated carbocycles. The van der Waals surface area contributed by atoms with E-state index in [1.807, 2.05) is 24.4 Å². The van der Waals surface area contributed by atoms with Crippen molar-refractivity contribution in [2.45, 2.75) is 26.8 Å². The molecule has 1 aromatic carbocycles. The van der Waals surface area contributed by atoms with Gasteiger partial charge in [-0.1, -0.05) is 13.8 Å². The fourth-order valence-corrected chi connectivity index (χ4v) is 3.12. The standard InChI is InChI=1S/C17H18N2O3S/c1-9(2)8-22-14-5-4-11(6-12(14)13-7-18-13)16-19-10(3)15(23-16)17(20)21/h4-7,9,13H,8H2,1-3H3,(H,20,21). The maximum atomic E-state index is 11.2. The molecule has 23 heavy (non-hydrogen) atoms. The van der Waals surface area contributed by atoms with Crippen molar-refractivity contribution in [2.75, 3.05) is 6.61 Å². The van der Waals surface area contributed by atoms with Crippen molar-refractivity contribution in [3.8, 4) is 16.3 Å². The summed E-state index contributed by atoms with van der Waals surface area (Å²) in [6, 6.07) is 5.91. The van der Waals surface area contributed by atoms with E-state index in [0.717, 1.165) is 16.9 Å². The Kier molecular flexibility index (Phi) is 4.17. The number of hydrogen-bond acceptors (Lipinski definition) is 5. The van der Waals surface area contributed by atoms with Gasteiger partial charge in [-0.15, -0.1) is 11.3 Å². The fourth-order valence-electron chi connectivity index (χ4n) is 2.22. The lowest BCUT2D eigenvalue weighted by atomic mass is 10.1. The number of carboxylic acid groups (broad SMARTS) is 1. The number of carbonyl (C=O) groups is 1. The predicted molar refractivity (Wildman–Crippen MR) is 90.8 cm³/mol. The van der Waals surface area contributed by atoms with E-state index in [1.165, 1.54) is 11.3 Å². The molecule has 0 radical (unpaired) electrons. The first-order chi connectivity index (χ1) is 11.0. The van der Waals surface area contributed by atoms with Crippen molar-refractivity contribution in [1.29, 1.82) is 0 Å². The molecule has 0 aliphatic carbocycles. The van der Waals surface area contributed by atoms with E-state index < -0.39 is 5.97 Å². The van der Waals surface area contributed by atoms with Crippen LogP contribution in [-0.4, -0.2) is 28.9 Å². The second-order valence-corrected chi connectivity index (χ2v) is 6.94. The SMILES string of the molecule is Cc1nc(-c2ccc(OCC(C)C)c(C3C=N3)c2)sc1C(=O)O. The van der Waals surface area contributed by atoms with Gasteiger partial charge in [-0.25, -0.2) is 9.78 Å². The number of hydrogen-bond donors (Lipinski definition) is 1. The number of benzene rings is 1. The Morgan fingerprint density at radius 2 is 2.17 bits per heavy atom. The predicted octanol–water partition coefficient (Wildman–Crippen LogP) is 3.98. The molecule has 0 fully saturated rings. The number of thiazole rings is 1. The smallest absolute Gasteiger partial charge is 0.347 e. The molecule has 2 aromatic rings. The second-order valence-electron chi connectivity index (χ2n) is 5.94. The van der Waals surface area contributed by atoms with Crippen LogP contribution in [0.4, 0.5) is 0 Å². The van der Waals surface area contributed by atoms with E-state index in [-0.39, 0.29) is 10.9 Å². The molecule has 1 aliphatic rings. The Labute approximate surface area is 138 Å². The van der Waals surface area contributed by atoms with Gasteiger partial charge < -0.3 is 9.84 Å². The zero-order valence-corrected chi connectivity index (χ0v) is 14.1. The lowest BCUT2D eigenvalue weighted by Gasteiger charge is -2.13. The van der Waals surface area contributed by atoms with Crippen LogP contribution in [0.5, 0.6) is 5.75 Å². The Bertz CT molecular complexity index is 774. The average Bonchev–Trinajstić information content (AvgIpc) is 3.27. The number of nitrogens with zero attached hydrogens (tertiary/aromatic N) is 2. The van der Waals surface area contributed by atoms with Gasteiger partial charge in [-0.05, 0) is 31.0 Å². The van der Waals surface area contributed by atoms with Gasteiger partial charge in [0.2, 0.25) is 0 Å². The summed E-state index contributed by atoms with van der Waals surface area (Å²) in [5, 5.41) is 9.88. The first-order valence-electron chi connectivity index (χ1n) is 7.47. The average molecular weight is 330 g/mol. The van der Waals surface area contributed by atoms with Gasteiger partial charge in [0.25, 0.3) is 0 Å². The molecule has 0 amide bonds. The highest BCUT2D eigenvalue weighted by Gasteiger charge is 2.23. The molecule has 2 heterocycles. The highest BCUT2D eigenvalue weighted by molar-refractivity contribution is 7.17. The summed E-state index contributed by atoms with van der Waals surface area (Å²) >= 11 is 1.19. The van der Waals surface area contributed by atoms with Gasteiger partial charge in [-0.2, -0.15) is 0 Å². The van der Waals surface area contributed by atoms with E-state index in [0.29, 0.717) is 23.2 Å². The minimum atomic E-state index is -0.936. The Morgan fingerprint density at radius 1 is 1.43 bits per heavy atom. The summed E-state index contributed by atoms with van der Waals surface area (Å²) < 4.78 is 5.87. The molecule has 1 aromatic heterocycles. The van der Waals surface area contributed by atoms with Gasteiger partial charge in [-0.3, -0.25) is 4.99 Å². The fraction of sp³-hybridized carbons (Fsp3) is 0.353. The largest absolute Gasteiger partial charge is 0.493 e. The minimum Gasteiger partial charge on any atom is -0.493 e. The van der Waals surface area contributed by atoms with Gasteiger partial charge in [0, 0.05) is 17.3 Å². The van der Waals surface area contributed by atoms with E-state index in [4.69, 9.17) is 4.74 Å². The molecule has 1 N–H and O–H groups in total. The van der Waals surface area contributed by atoms with Gasteiger partial charge in [0.15, 0.2) is 0 Å². The van der Waals surface area contributed by atoms with Crippen LogP contribution in [0.3, 0.4) is 0 Å². The molecule has 5 nitrogen and oxygen atoms in total. The molecule has 1 aliphatic heterocycles. The monoisotopic (exact) mass is 330 g/mol. The Morgan fingerprint density at radius 3 is 2.74 bits per heavy atom. The third-order valence-corrected chi connectivity index (χ3v) is 4.63. The first-order valence-corrected chi connectivity index (χ1v) is 8.28. The molecule has 6 heteroatoms. The maximum Gasteiger partial charge on any atom is 0.347 e. The van der Waals surface area contributed by atoms with Crippen LogP contribution in [0.1, 0.15) is 40.8 Å². The summed E-state index contributed by atoms with van der Waals surface area (Å²) in [5.74, 6) is 0.341. The van der Waals surface area contributed by atoms with Crippen molar-refractivity contribution in [1.82, 2.24) is 4.98 Å². The van der Waals surface area contributed by atoms with Crippen molar-refractivity contribution < 1.29 is 14.6 Å².